The molecule has 0 aromatic heterocycles. The quantitative estimate of drug-likeness (QED) is 0.0194. The van der Waals surface area contributed by atoms with Crippen LogP contribution in [-0.2, 0) is 51.9 Å². The standard InChI is InChI=1S/2C16H14N4O8S.C11H25NO.Cr/c2*1-9(21)14(16(23)17-10-5-3-2-4-6-10)19-18-12-7-11(20(24)25)8-13(15(12)22)29(26,27)28;1-3-5-7-11(4-2)10-13-9-6-8-12;/h2*2-8,21-22H,1H3,(H,17,23)(H,26,27,28);11H,3-10,12H2,1-2H3;/q;;;+3/p-3. The Labute approximate surface area is 428 Å². The van der Waals surface area contributed by atoms with E-state index >= 15 is 0 Å². The maximum absolute atomic E-state index is 12.2. The first kappa shape index (κ1) is 62.8. The zero-order chi connectivity index (χ0) is 53.5. The van der Waals surface area contributed by atoms with Crippen molar-refractivity contribution in [2.24, 2.45) is 32.1 Å². The number of unbranched alkanes of at least 4 members (excludes halogenated alkanes) is 1. The van der Waals surface area contributed by atoms with Crippen molar-refractivity contribution in [2.75, 3.05) is 30.4 Å². The summed E-state index contributed by atoms with van der Waals surface area (Å²) < 4.78 is 72.5. The second-order valence-electron chi connectivity index (χ2n) is 14.5. The van der Waals surface area contributed by atoms with Crippen molar-refractivity contribution in [2.45, 2.75) is 69.6 Å². The van der Waals surface area contributed by atoms with E-state index in [2.05, 4.69) is 44.9 Å². The Bertz CT molecular complexity index is 2680. The van der Waals surface area contributed by atoms with Gasteiger partial charge in [-0.15, -0.1) is 21.7 Å². The molecule has 0 aliphatic carbocycles. The number of allylic oxidation sites excluding steroid dienone is 2. The van der Waals surface area contributed by atoms with E-state index in [9.17, 15) is 76.2 Å². The number of carbonyl (C=O) groups excluding carboxylic acids is 2. The Morgan fingerprint density at radius 2 is 1.10 bits per heavy atom. The SMILES string of the molecule is CC([O-])=C(N=Nc1cc([N+](=O)[O-])cc(S(=O)(=O)[O-])c1[O-])C(=O)Nc1ccccc1.CC([O-])=C(N=Nc1cc([N+](=O)[O-])cc(S(=O)(=O)[O-])c1[O-])C(=O)Nc1ccccc1.CCCCC(CC)COCCCN.[Cr+3].[H+].[H+].[H+]. The normalized spacial score (nSPS) is 12.4. The fourth-order valence-corrected chi connectivity index (χ4v) is 6.59. The molecule has 4 aromatic carbocycles. The minimum absolute atomic E-state index is 0. The monoisotopic (exact) mass is 1080 g/mol. The van der Waals surface area contributed by atoms with Crippen molar-refractivity contribution in [3.05, 3.63) is 128 Å². The number of rotatable bonds is 21. The maximum Gasteiger partial charge on any atom is 3.00 e. The van der Waals surface area contributed by atoms with Crippen LogP contribution in [0.3, 0.4) is 0 Å². The van der Waals surface area contributed by atoms with Gasteiger partial charge in [0.2, 0.25) is 0 Å². The average Bonchev–Trinajstić information content (AvgIpc) is 3.29. The fourth-order valence-electron chi connectivity index (χ4n) is 5.39. The summed E-state index contributed by atoms with van der Waals surface area (Å²) in [5, 5.41) is 87.4. The van der Waals surface area contributed by atoms with Crippen LogP contribution in [0.5, 0.6) is 11.5 Å². The number of nitrogens with two attached hydrogens (primary N) is 1. The van der Waals surface area contributed by atoms with Crippen molar-refractivity contribution in [3.8, 4) is 11.5 Å². The van der Waals surface area contributed by atoms with Crippen LogP contribution in [0.15, 0.2) is 138 Å². The van der Waals surface area contributed by atoms with Crippen molar-refractivity contribution < 1.29 is 92.2 Å². The summed E-state index contributed by atoms with van der Waals surface area (Å²) in [7, 11) is -10.7. The van der Waals surface area contributed by atoms with Crippen LogP contribution in [0.1, 0.15) is 64.1 Å². The van der Waals surface area contributed by atoms with Gasteiger partial charge in [0.05, 0.1) is 31.0 Å². The number of nitro groups is 2. The molecule has 72 heavy (non-hydrogen) atoms. The molecule has 4 N–H and O–H groups in total. The number of nitrogens with zero attached hydrogens (tertiary/aromatic N) is 6. The number of ether oxygens (including phenoxy) is 1. The van der Waals surface area contributed by atoms with E-state index in [1.165, 1.54) is 49.9 Å². The van der Waals surface area contributed by atoms with E-state index in [1.807, 2.05) is 0 Å². The predicted molar refractivity (Wildman–Crippen MR) is 247 cm³/mol. The first-order valence-corrected chi connectivity index (χ1v) is 23.7. The topological polar surface area (TPSA) is 436 Å². The molecule has 0 saturated carbocycles. The molecule has 0 aliphatic rings. The van der Waals surface area contributed by atoms with Gasteiger partial charge in [0.25, 0.3) is 23.2 Å². The smallest absolute Gasteiger partial charge is 0.874 e. The van der Waals surface area contributed by atoms with Crippen LogP contribution < -0.4 is 36.8 Å². The molecule has 0 aliphatic heterocycles. The molecule has 2 amide bonds. The zero-order valence-electron chi connectivity index (χ0n) is 41.7. The van der Waals surface area contributed by atoms with Crippen LogP contribution in [-0.4, -0.2) is 67.4 Å². The third-order valence-electron chi connectivity index (χ3n) is 9.07. The molecular weight excluding hydrogens is 1030 g/mol. The van der Waals surface area contributed by atoms with Crippen LogP contribution in [0.2, 0.25) is 0 Å². The van der Waals surface area contributed by atoms with Crippen LogP contribution in [0.4, 0.5) is 34.1 Å². The molecule has 4 rings (SSSR count). The zero-order valence-corrected chi connectivity index (χ0v) is 41.7. The van der Waals surface area contributed by atoms with Crippen LogP contribution in [0, 0.1) is 26.1 Å². The van der Waals surface area contributed by atoms with Crippen LogP contribution >= 0.6 is 0 Å². The predicted octanol–water partition coefficient (Wildman–Crippen LogP) is 4.68. The van der Waals surface area contributed by atoms with E-state index in [-0.39, 0.29) is 21.6 Å². The average molecular weight is 1080 g/mol. The Morgan fingerprint density at radius 3 is 1.40 bits per heavy atom. The largest absolute Gasteiger partial charge is 3.00 e. The second kappa shape index (κ2) is 30.5. The summed E-state index contributed by atoms with van der Waals surface area (Å²) in [5.41, 5.74) is 0.884. The first-order valence-electron chi connectivity index (χ1n) is 20.9. The summed E-state index contributed by atoms with van der Waals surface area (Å²) in [4.78, 5) is 41.3. The molecule has 26 nitrogen and oxygen atoms in total. The summed E-state index contributed by atoms with van der Waals surface area (Å²) >= 11 is 0. The second-order valence-corrected chi connectivity index (χ2v) is 17.2. The third kappa shape index (κ3) is 21.0. The van der Waals surface area contributed by atoms with Gasteiger partial charge >= 0.3 is 21.6 Å². The fraction of sp³-hybridized carbons (Fsp3) is 0.302. The number of hydrogen-bond donors (Lipinski definition) is 3. The molecule has 0 fully saturated rings. The molecule has 29 heteroatoms. The Morgan fingerprint density at radius 1 is 0.708 bits per heavy atom. The van der Waals surface area contributed by atoms with Crippen molar-refractivity contribution >= 4 is 66.2 Å². The van der Waals surface area contributed by atoms with Gasteiger partial charge in [-0.2, -0.15) is 10.2 Å². The third-order valence-corrected chi connectivity index (χ3v) is 10.7. The molecule has 0 heterocycles. The molecule has 4 aromatic rings. The molecule has 0 spiro atoms. The maximum atomic E-state index is 12.2. The Kier molecular flexibility index (Phi) is 26.6. The molecule has 1 atom stereocenters. The number of nitro benzene ring substituents is 2. The van der Waals surface area contributed by atoms with Gasteiger partial charge in [-0.1, -0.05) is 94.9 Å². The van der Waals surface area contributed by atoms with Gasteiger partial charge in [0.1, 0.15) is 31.6 Å². The van der Waals surface area contributed by atoms with E-state index in [1.54, 1.807) is 36.4 Å². The van der Waals surface area contributed by atoms with E-state index in [4.69, 9.17) is 10.5 Å². The van der Waals surface area contributed by atoms with Crippen molar-refractivity contribution in [1.29, 1.82) is 0 Å². The molecule has 1 radical (unpaired) electrons. The number of anilines is 2. The first-order chi connectivity index (χ1) is 33.3. The number of carbonyl (C=O) groups is 2. The molecular formula is C43H50CrN9O17S2. The molecule has 387 valence electrons. The van der Waals surface area contributed by atoms with Gasteiger partial charge in [0, 0.05) is 48.9 Å². The van der Waals surface area contributed by atoms with Gasteiger partial charge in [-0.05, 0) is 49.6 Å². The van der Waals surface area contributed by atoms with Gasteiger partial charge < -0.3 is 50.6 Å². The van der Waals surface area contributed by atoms with Crippen LogP contribution in [0.25, 0.3) is 0 Å². The minimum atomic E-state index is -5.35. The van der Waals surface area contributed by atoms with Gasteiger partial charge in [0.15, 0.2) is 0 Å². The Balaban J connectivity index is -0.00000108. The number of amides is 2. The molecule has 1 unspecified atom stereocenters. The number of para-hydroxylation sites is 2. The number of non-ortho nitro benzene ring substituents is 2. The molecule has 0 bridgehead atoms. The number of hydrogen-bond acceptors (Lipinski definition) is 22. The van der Waals surface area contributed by atoms with Gasteiger partial charge in [-0.25, -0.2) is 16.8 Å². The molecule has 0 saturated heterocycles. The van der Waals surface area contributed by atoms with E-state index in [0.717, 1.165) is 45.9 Å². The number of azo groups is 2. The summed E-state index contributed by atoms with van der Waals surface area (Å²) in [6.45, 7) is 8.95. The van der Waals surface area contributed by atoms with Crippen molar-refractivity contribution in [1.82, 2.24) is 0 Å². The minimum Gasteiger partial charge on any atom is -0.874 e. The van der Waals surface area contributed by atoms with E-state index in [0.29, 0.717) is 35.6 Å². The van der Waals surface area contributed by atoms with E-state index < -0.39 is 109 Å². The Hall–Kier alpha value is -7.23. The number of nitrogens with one attached hydrogen (secondary N) is 2. The summed E-state index contributed by atoms with van der Waals surface area (Å²) in [6.07, 6.45) is 6.17. The summed E-state index contributed by atoms with van der Waals surface area (Å²) in [6, 6.07) is 17.6. The van der Waals surface area contributed by atoms with Crippen molar-refractivity contribution in [3.63, 3.8) is 0 Å². The van der Waals surface area contributed by atoms with Gasteiger partial charge in [-0.3, -0.25) is 29.8 Å². The summed E-state index contributed by atoms with van der Waals surface area (Å²) in [5.74, 6) is -5.82. The number of benzene rings is 4.